The van der Waals surface area contributed by atoms with Gasteiger partial charge in [0.15, 0.2) is 0 Å². The smallest absolute Gasteiger partial charge is 0.283 e. The van der Waals surface area contributed by atoms with Crippen molar-refractivity contribution in [2.24, 2.45) is 0 Å². The Balaban J connectivity index is 1.85. The van der Waals surface area contributed by atoms with Crippen LogP contribution in [0.3, 0.4) is 0 Å². The number of rotatable bonds is 6. The molecule has 3 aromatic rings. The van der Waals surface area contributed by atoms with Gasteiger partial charge in [0.05, 0.1) is 9.92 Å². The molecule has 0 atom stereocenters. The van der Waals surface area contributed by atoms with Gasteiger partial charge >= 0.3 is 0 Å². The fourth-order valence-corrected chi connectivity index (χ4v) is 6.56. The maximum Gasteiger partial charge on any atom is 0.283 e. The zero-order valence-corrected chi connectivity index (χ0v) is 17.9. The van der Waals surface area contributed by atoms with E-state index < -0.39 is 24.4 Å². The van der Waals surface area contributed by atoms with Gasteiger partial charge in [-0.3, -0.25) is 4.79 Å². The number of amides is 1. The number of nitrogens with one attached hydrogen (secondary N) is 2. The van der Waals surface area contributed by atoms with Crippen molar-refractivity contribution in [3.8, 4) is 10.6 Å². The van der Waals surface area contributed by atoms with E-state index in [1.165, 1.54) is 31.2 Å². The first-order chi connectivity index (χ1) is 13.6. The number of anilines is 1. The molecule has 0 spiro atoms. The topological polar surface area (TPSA) is 135 Å². The molecule has 0 saturated heterocycles. The second-order valence-corrected chi connectivity index (χ2v) is 10.8. The number of halogens is 1. The third-order valence-electron chi connectivity index (χ3n) is 3.45. The van der Waals surface area contributed by atoms with Gasteiger partial charge in [-0.05, 0) is 30.3 Å². The number of carbonyl (C=O) groups is 1. The Hall–Kier alpha value is -2.38. The molecule has 9 nitrogen and oxygen atoms in total. The Morgan fingerprint density at radius 3 is 2.24 bits per heavy atom. The highest BCUT2D eigenvalue weighted by Crippen LogP contribution is 2.31. The molecule has 29 heavy (non-hydrogen) atoms. The minimum Gasteiger partial charge on any atom is -0.326 e. The van der Waals surface area contributed by atoms with Crippen LogP contribution in [0.4, 0.5) is 5.69 Å². The SMILES string of the molecule is CC(=O)Nc1ccc(S(=O)(=O)NS(=O)(=O)c2nnc(-c3ccccc3Cl)s2)cc1. The standard InChI is InChI=1S/C16H13ClN4O5S3/c1-10(22)18-11-6-8-12(9-7-11)28(23,24)21-29(25,26)16-20-19-15(27-16)13-4-2-3-5-14(13)17/h2-9,21H,1H3,(H,18,22). The first-order valence-electron chi connectivity index (χ1n) is 7.83. The van der Waals surface area contributed by atoms with Gasteiger partial charge in [0.2, 0.25) is 10.2 Å². The van der Waals surface area contributed by atoms with Crippen molar-refractivity contribution in [1.29, 1.82) is 0 Å². The highest BCUT2D eigenvalue weighted by atomic mass is 35.5. The van der Waals surface area contributed by atoms with Gasteiger partial charge in [-0.1, -0.05) is 45.3 Å². The summed E-state index contributed by atoms with van der Waals surface area (Å²) in [6, 6.07) is 11.7. The molecule has 1 amide bonds. The summed E-state index contributed by atoms with van der Waals surface area (Å²) in [5, 5.41) is 10.4. The summed E-state index contributed by atoms with van der Waals surface area (Å²) in [5.74, 6) is -0.327. The van der Waals surface area contributed by atoms with Crippen LogP contribution in [0.2, 0.25) is 5.02 Å². The van der Waals surface area contributed by atoms with Crippen molar-refractivity contribution in [3.05, 3.63) is 53.6 Å². The van der Waals surface area contributed by atoms with Gasteiger partial charge < -0.3 is 5.32 Å². The van der Waals surface area contributed by atoms with Crippen molar-refractivity contribution >= 4 is 54.6 Å². The Labute approximate surface area is 175 Å². The van der Waals surface area contributed by atoms with Crippen molar-refractivity contribution < 1.29 is 21.6 Å². The van der Waals surface area contributed by atoms with Crippen LogP contribution in [0, 0.1) is 0 Å². The molecule has 0 unspecified atom stereocenters. The van der Waals surface area contributed by atoms with Gasteiger partial charge in [0.25, 0.3) is 20.0 Å². The Morgan fingerprint density at radius 1 is 0.966 bits per heavy atom. The summed E-state index contributed by atoms with van der Waals surface area (Å²) in [5.41, 5.74) is 0.845. The van der Waals surface area contributed by atoms with Gasteiger partial charge in [0.1, 0.15) is 5.01 Å². The van der Waals surface area contributed by atoms with Crippen molar-refractivity contribution in [2.75, 3.05) is 5.32 Å². The van der Waals surface area contributed by atoms with Crippen LogP contribution in [-0.4, -0.2) is 32.9 Å². The van der Waals surface area contributed by atoms with Crippen LogP contribution in [0.1, 0.15) is 6.92 Å². The van der Waals surface area contributed by atoms with E-state index >= 15 is 0 Å². The molecule has 1 heterocycles. The fourth-order valence-electron chi connectivity index (χ4n) is 2.21. The molecule has 0 radical (unpaired) electrons. The zero-order chi connectivity index (χ0) is 21.2. The quantitative estimate of drug-likeness (QED) is 0.562. The molecule has 0 aliphatic rings. The molecule has 1 aromatic heterocycles. The second-order valence-electron chi connectivity index (χ2n) is 5.65. The predicted octanol–water partition coefficient (Wildman–Crippen LogP) is 2.48. The van der Waals surface area contributed by atoms with E-state index in [9.17, 15) is 21.6 Å². The average Bonchev–Trinajstić information content (AvgIpc) is 3.12. The van der Waals surface area contributed by atoms with E-state index in [4.69, 9.17) is 11.6 Å². The second kappa shape index (κ2) is 8.16. The summed E-state index contributed by atoms with van der Waals surface area (Å²) >= 11 is 6.75. The number of nitrogens with zero attached hydrogens (tertiary/aromatic N) is 2. The lowest BCUT2D eigenvalue weighted by molar-refractivity contribution is -0.114. The normalized spacial score (nSPS) is 11.9. The van der Waals surface area contributed by atoms with Crippen molar-refractivity contribution in [1.82, 2.24) is 14.3 Å². The molecule has 152 valence electrons. The lowest BCUT2D eigenvalue weighted by atomic mass is 10.2. The van der Waals surface area contributed by atoms with Gasteiger partial charge in [-0.2, -0.15) is 0 Å². The Morgan fingerprint density at radius 2 is 1.62 bits per heavy atom. The minimum absolute atomic E-state index is 0.230. The third kappa shape index (κ3) is 4.97. The zero-order valence-electron chi connectivity index (χ0n) is 14.7. The minimum atomic E-state index is -4.50. The maximum absolute atomic E-state index is 12.5. The number of hydrogen-bond acceptors (Lipinski definition) is 8. The van der Waals surface area contributed by atoms with Crippen LogP contribution >= 0.6 is 22.9 Å². The monoisotopic (exact) mass is 472 g/mol. The van der Waals surface area contributed by atoms with Gasteiger partial charge in [-0.25, -0.2) is 16.8 Å². The average molecular weight is 473 g/mol. The summed E-state index contributed by atoms with van der Waals surface area (Å²) in [6.07, 6.45) is 0. The van der Waals surface area contributed by atoms with E-state index in [-0.39, 0.29) is 15.8 Å². The molecular weight excluding hydrogens is 460 g/mol. The first-order valence-corrected chi connectivity index (χ1v) is 12.0. The predicted molar refractivity (Wildman–Crippen MR) is 109 cm³/mol. The van der Waals surface area contributed by atoms with Crippen LogP contribution in [-0.2, 0) is 24.8 Å². The van der Waals surface area contributed by atoms with Gasteiger partial charge in [-0.15, -0.1) is 10.2 Å². The molecular formula is C16H13ClN4O5S3. The molecule has 3 rings (SSSR count). The summed E-state index contributed by atoms with van der Waals surface area (Å²) in [7, 11) is -8.91. The highest BCUT2D eigenvalue weighted by molar-refractivity contribution is 8.05. The Bertz CT molecular complexity index is 1270. The van der Waals surface area contributed by atoms with Crippen LogP contribution in [0.15, 0.2) is 57.8 Å². The molecule has 0 aliphatic heterocycles. The van der Waals surface area contributed by atoms with Crippen LogP contribution < -0.4 is 9.44 Å². The number of aromatic nitrogens is 2. The molecule has 0 aliphatic carbocycles. The Kier molecular flexibility index (Phi) is 6.00. The van der Waals surface area contributed by atoms with Crippen LogP contribution in [0.5, 0.6) is 0 Å². The first kappa shape index (κ1) is 21.3. The van der Waals surface area contributed by atoms with Gasteiger partial charge in [0, 0.05) is 18.2 Å². The van der Waals surface area contributed by atoms with E-state index in [0.29, 0.717) is 27.6 Å². The van der Waals surface area contributed by atoms with E-state index in [1.807, 2.05) is 0 Å². The van der Waals surface area contributed by atoms with Crippen molar-refractivity contribution in [3.63, 3.8) is 0 Å². The summed E-state index contributed by atoms with van der Waals surface area (Å²) in [4.78, 5) is 10.7. The molecule has 13 heteroatoms. The highest BCUT2D eigenvalue weighted by Gasteiger charge is 2.28. The summed E-state index contributed by atoms with van der Waals surface area (Å²) in [6.45, 7) is 1.30. The van der Waals surface area contributed by atoms with E-state index in [2.05, 4.69) is 15.5 Å². The number of carbonyl (C=O) groups excluding carboxylic acids is 1. The number of sulfonamides is 2. The third-order valence-corrected chi connectivity index (χ3v) is 8.62. The molecule has 2 aromatic carbocycles. The van der Waals surface area contributed by atoms with E-state index in [1.54, 1.807) is 28.4 Å². The number of benzene rings is 2. The van der Waals surface area contributed by atoms with Crippen molar-refractivity contribution in [2.45, 2.75) is 16.2 Å². The van der Waals surface area contributed by atoms with E-state index in [0.717, 1.165) is 0 Å². The number of hydrogen-bond donors (Lipinski definition) is 2. The largest absolute Gasteiger partial charge is 0.326 e. The van der Waals surface area contributed by atoms with Crippen LogP contribution in [0.25, 0.3) is 10.6 Å². The fraction of sp³-hybridized carbons (Fsp3) is 0.0625. The molecule has 2 N–H and O–H groups in total. The lowest BCUT2D eigenvalue weighted by Gasteiger charge is -2.07. The molecule has 0 saturated carbocycles. The molecule has 0 bridgehead atoms. The maximum atomic E-state index is 12.5. The lowest BCUT2D eigenvalue weighted by Crippen LogP contribution is -2.30. The summed E-state index contributed by atoms with van der Waals surface area (Å²) < 4.78 is 51.0. The molecule has 0 fully saturated rings.